The van der Waals surface area contributed by atoms with Crippen molar-refractivity contribution in [1.82, 2.24) is 0 Å². The van der Waals surface area contributed by atoms with Crippen molar-refractivity contribution in [2.24, 2.45) is 0 Å². The van der Waals surface area contributed by atoms with E-state index in [-0.39, 0.29) is 7.35 Å². The molecule has 0 saturated heterocycles. The van der Waals surface area contributed by atoms with Gasteiger partial charge in [-0.05, 0) is 0 Å². The van der Waals surface area contributed by atoms with Gasteiger partial charge in [0.15, 0.2) is 0 Å². The summed E-state index contributed by atoms with van der Waals surface area (Å²) in [6.45, 7) is 9.07. The van der Waals surface area contributed by atoms with Crippen LogP contribution in [0.2, 0.25) is 0 Å². The second-order valence-electron chi connectivity index (χ2n) is 15.9. The van der Waals surface area contributed by atoms with Crippen molar-refractivity contribution in [1.29, 1.82) is 0 Å². The number of halogens is 2. The minimum atomic E-state index is -5.71. The fourth-order valence-electron chi connectivity index (χ4n) is 10.5. The fraction of sp³-hybridized carbons (Fsp3) is 0.200. The summed E-state index contributed by atoms with van der Waals surface area (Å²) in [5.41, 5.74) is 18.6. The summed E-state index contributed by atoms with van der Waals surface area (Å²) in [5.74, 6) is 0. The first-order chi connectivity index (χ1) is 26.2. The van der Waals surface area contributed by atoms with Crippen LogP contribution in [0.5, 0.6) is 0 Å². The van der Waals surface area contributed by atoms with Crippen molar-refractivity contribution in [3.05, 3.63) is 172 Å². The van der Waals surface area contributed by atoms with E-state index in [0.717, 1.165) is 25.7 Å². The van der Waals surface area contributed by atoms with E-state index in [9.17, 15) is 17.2 Å². The number of allylic oxidation sites excluding steroid dienone is 2. The van der Waals surface area contributed by atoms with Gasteiger partial charge in [0.05, 0.1) is 0 Å². The topological polar surface area (TPSA) is 0 Å². The molecule has 6 aromatic rings. The Balaban J connectivity index is 1.37. The first kappa shape index (κ1) is 36.1. The molecular weight excluding hydrogens is 878 g/mol. The van der Waals surface area contributed by atoms with E-state index in [0.29, 0.717) is 0 Å². The van der Waals surface area contributed by atoms with E-state index in [1.54, 1.807) is 0 Å². The molecule has 0 aromatic heterocycles. The van der Waals surface area contributed by atoms with E-state index in [1.807, 2.05) is 0 Å². The standard InChI is InChI=1S/2C19H19.C12H9Si.2ClH.Hf/c2*1-3-7-15-12-16-9-6-11-18(19(16)13-15)17-10-5-4-8-14(17)2;1-3-7-11-9(5-1)10-6-2-4-8-12(10)13-11;;;/h2*4-6,8-13H,3,7H2,1-2H3;1-7H,13H2;2*1H;/q;;;;;+2/p-2. The van der Waals surface area contributed by atoms with E-state index in [4.69, 9.17) is 0 Å². The molecule has 0 spiro atoms. The molecule has 0 fully saturated rings. The third kappa shape index (κ3) is 5.46. The van der Waals surface area contributed by atoms with Crippen LogP contribution in [0, 0.1) is 13.8 Å². The molecule has 2 aliphatic carbocycles. The SMILES string of the molecule is CCCC1=Cc2c(-c3ccccc3C)cccc2[CH]1[Hf]([Cl])([Cl])([c]1cccc2c1[SiH2]c1ccccc1-2)[CH]1C(CCC)=Cc2c(-c3ccccc3C)cccc21. The summed E-state index contributed by atoms with van der Waals surface area (Å²) >= 11 is -5.71. The Hall–Kier alpha value is -3.53. The zero-order valence-corrected chi connectivity index (χ0v) is 38.2. The first-order valence-electron chi connectivity index (χ1n) is 19.8. The fourth-order valence-corrected chi connectivity index (χ4v) is 49.6. The van der Waals surface area contributed by atoms with Crippen LogP contribution in [-0.2, 0) is 16.1 Å². The molecule has 0 amide bonds. The van der Waals surface area contributed by atoms with Crippen LogP contribution >= 0.6 is 17.2 Å². The van der Waals surface area contributed by atoms with Crippen molar-refractivity contribution in [3.63, 3.8) is 0 Å². The normalized spacial score (nSPS) is 18.0. The zero-order valence-electron chi connectivity index (χ0n) is 31.7. The van der Waals surface area contributed by atoms with Gasteiger partial charge in [0.1, 0.15) is 0 Å². The minimum absolute atomic E-state index is 0.0493. The Morgan fingerprint density at radius 1 is 0.500 bits per heavy atom. The number of fused-ring (bicyclic) bond motifs is 5. The van der Waals surface area contributed by atoms with Gasteiger partial charge < -0.3 is 0 Å². The zero-order chi connectivity index (χ0) is 37.2. The second-order valence-corrected chi connectivity index (χ2v) is 47.0. The third-order valence-electron chi connectivity index (χ3n) is 12.7. The predicted octanol–water partition coefficient (Wildman–Crippen LogP) is 12.2. The van der Waals surface area contributed by atoms with E-state index >= 15 is 0 Å². The maximum absolute atomic E-state index is 9.26. The molecule has 0 nitrogen and oxygen atoms in total. The van der Waals surface area contributed by atoms with Crippen molar-refractivity contribution in [3.8, 4) is 33.4 Å². The van der Waals surface area contributed by atoms with Crippen LogP contribution < -0.4 is 13.7 Å². The van der Waals surface area contributed by atoms with Crippen LogP contribution in [0.1, 0.15) is 80.3 Å². The van der Waals surface area contributed by atoms with Crippen LogP contribution in [0.3, 0.4) is 0 Å². The summed E-state index contributed by atoms with van der Waals surface area (Å²) in [6, 6.07) is 47.6. The van der Waals surface area contributed by atoms with Gasteiger partial charge in [-0.15, -0.1) is 0 Å². The van der Waals surface area contributed by atoms with Gasteiger partial charge in [0.2, 0.25) is 0 Å². The molecule has 269 valence electrons. The molecule has 0 bridgehead atoms. The molecule has 2 unspecified atom stereocenters. The molecule has 0 saturated carbocycles. The summed E-state index contributed by atoms with van der Waals surface area (Å²) in [5, 5.41) is 2.99. The van der Waals surface area contributed by atoms with E-state index < -0.39 is 25.7 Å². The molecule has 1 heterocycles. The second kappa shape index (κ2) is 13.9. The summed E-state index contributed by atoms with van der Waals surface area (Å²) < 4.78 is 1.22. The number of rotatable bonds is 9. The summed E-state index contributed by atoms with van der Waals surface area (Å²) in [6.07, 6.45) is 9.06. The number of hydrogen-bond acceptors (Lipinski definition) is 0. The van der Waals surface area contributed by atoms with Crippen LogP contribution in [-0.4, -0.2) is 9.52 Å². The summed E-state index contributed by atoms with van der Waals surface area (Å²) in [7, 11) is 17.7. The van der Waals surface area contributed by atoms with E-state index in [1.165, 1.54) is 91.6 Å². The average Bonchev–Trinajstić information content (AvgIpc) is 3.87. The third-order valence-corrected chi connectivity index (χ3v) is 44.4. The van der Waals surface area contributed by atoms with E-state index in [2.05, 4.69) is 167 Å². The molecule has 0 N–H and O–H groups in total. The van der Waals surface area contributed by atoms with Gasteiger partial charge in [-0.3, -0.25) is 0 Å². The molecule has 3 aliphatic rings. The van der Waals surface area contributed by atoms with Crippen molar-refractivity contribution >= 4 is 52.5 Å². The molecule has 9 rings (SSSR count). The Morgan fingerprint density at radius 2 is 0.944 bits per heavy atom. The van der Waals surface area contributed by atoms with Crippen LogP contribution in [0.15, 0.2) is 139 Å². The summed E-state index contributed by atoms with van der Waals surface area (Å²) in [4.78, 5) is 0. The van der Waals surface area contributed by atoms with Gasteiger partial charge in [-0.25, -0.2) is 0 Å². The Labute approximate surface area is 332 Å². The van der Waals surface area contributed by atoms with Gasteiger partial charge in [-0.2, -0.15) is 0 Å². The Kier molecular flexibility index (Phi) is 9.29. The number of benzene rings is 6. The Bertz CT molecular complexity index is 2420. The predicted molar refractivity (Wildman–Crippen MR) is 236 cm³/mol. The van der Waals surface area contributed by atoms with Gasteiger partial charge in [-0.1, -0.05) is 0 Å². The Morgan fingerprint density at radius 3 is 1.46 bits per heavy atom. The van der Waals surface area contributed by atoms with Gasteiger partial charge >= 0.3 is 335 Å². The van der Waals surface area contributed by atoms with Crippen molar-refractivity contribution in [2.45, 2.75) is 60.7 Å². The molecule has 0 radical (unpaired) electrons. The van der Waals surface area contributed by atoms with Crippen molar-refractivity contribution in [2.75, 3.05) is 0 Å². The molecule has 6 aromatic carbocycles. The van der Waals surface area contributed by atoms with Crippen molar-refractivity contribution < 1.29 is 16.1 Å². The molecule has 54 heavy (non-hydrogen) atoms. The van der Waals surface area contributed by atoms with Gasteiger partial charge in [0.25, 0.3) is 0 Å². The first-order valence-corrected chi connectivity index (χ1v) is 36.1. The van der Waals surface area contributed by atoms with Crippen LogP contribution in [0.25, 0.3) is 45.5 Å². The average molecular weight is 925 g/mol. The van der Waals surface area contributed by atoms with Gasteiger partial charge in [0, 0.05) is 0 Å². The quantitative estimate of drug-likeness (QED) is 0.127. The number of aryl methyl sites for hydroxylation is 2. The molecule has 4 heteroatoms. The van der Waals surface area contributed by atoms with Crippen LogP contribution in [0.4, 0.5) is 0 Å². The molecule has 1 aliphatic heterocycles. The monoisotopic (exact) mass is 925 g/mol. The molecular formula is C50H47Cl2HfSi. The number of hydrogen-bond donors (Lipinski definition) is 0. The molecule has 2 atom stereocenters. The maximum atomic E-state index is 9.26.